The average Bonchev–Trinajstić information content (AvgIpc) is 2.37. The molecule has 1 saturated carbocycles. The Hall–Kier alpha value is -0.860. The summed E-state index contributed by atoms with van der Waals surface area (Å²) in [4.78, 5) is 0. The van der Waals surface area contributed by atoms with E-state index in [1.54, 1.807) is 0 Å². The van der Waals surface area contributed by atoms with Gasteiger partial charge in [-0.05, 0) is 31.2 Å². The Balaban J connectivity index is 1.66. The second-order valence-corrected chi connectivity index (χ2v) is 4.94. The van der Waals surface area contributed by atoms with Crippen LogP contribution in [0.15, 0.2) is 30.3 Å². The number of hydrogen-bond acceptors (Lipinski definition) is 2. The Bertz CT molecular complexity index is 315. The van der Waals surface area contributed by atoms with Crippen molar-refractivity contribution in [3.8, 4) is 0 Å². The third-order valence-electron chi connectivity index (χ3n) is 3.46. The topological polar surface area (TPSA) is 29.5 Å². The van der Waals surface area contributed by atoms with Crippen molar-refractivity contribution in [3.63, 3.8) is 0 Å². The third kappa shape index (κ3) is 4.14. The third-order valence-corrected chi connectivity index (χ3v) is 3.46. The molecule has 0 atom stereocenters. The van der Waals surface area contributed by atoms with Crippen LogP contribution in [0.4, 0.5) is 0 Å². The highest BCUT2D eigenvalue weighted by Crippen LogP contribution is 2.29. The van der Waals surface area contributed by atoms with Gasteiger partial charge < -0.3 is 9.84 Å². The summed E-state index contributed by atoms with van der Waals surface area (Å²) in [7, 11) is 0. The molecule has 0 unspecified atom stereocenters. The van der Waals surface area contributed by atoms with E-state index in [-0.39, 0.29) is 0 Å². The molecule has 0 amide bonds. The minimum Gasteiger partial charge on any atom is -0.365 e. The van der Waals surface area contributed by atoms with Crippen molar-refractivity contribution in [1.82, 2.24) is 0 Å². The molecule has 1 N–H and O–H groups in total. The monoisotopic (exact) mass is 234 g/mol. The molecule has 0 heterocycles. The number of hydrogen-bond donors (Lipinski definition) is 1. The van der Waals surface area contributed by atoms with E-state index in [1.807, 2.05) is 6.07 Å². The molecule has 0 saturated heterocycles. The fourth-order valence-electron chi connectivity index (χ4n) is 2.43. The first-order valence-electron chi connectivity index (χ1n) is 6.69. The summed E-state index contributed by atoms with van der Waals surface area (Å²) in [5.74, 6) is -0.824. The van der Waals surface area contributed by atoms with E-state index < -0.39 is 5.79 Å². The van der Waals surface area contributed by atoms with Crippen LogP contribution < -0.4 is 0 Å². The zero-order valence-electron chi connectivity index (χ0n) is 10.4. The van der Waals surface area contributed by atoms with Crippen LogP contribution in [0.25, 0.3) is 0 Å². The lowest BCUT2D eigenvalue weighted by atomic mass is 9.94. The first-order valence-corrected chi connectivity index (χ1v) is 6.69. The lowest BCUT2D eigenvalue weighted by molar-refractivity contribution is -0.220. The summed E-state index contributed by atoms with van der Waals surface area (Å²) in [6, 6.07) is 10.4. The standard InChI is InChI=1S/C15H22O2/c16-15(11-5-2-6-12-15)17-13-7-10-14-8-3-1-4-9-14/h1,3-4,8-9,16H,2,5-7,10-13H2. The zero-order valence-corrected chi connectivity index (χ0v) is 10.4. The van der Waals surface area contributed by atoms with Crippen molar-refractivity contribution in [2.75, 3.05) is 6.61 Å². The quantitative estimate of drug-likeness (QED) is 0.625. The minimum atomic E-state index is -0.824. The van der Waals surface area contributed by atoms with Crippen molar-refractivity contribution in [2.45, 2.75) is 50.7 Å². The summed E-state index contributed by atoms with van der Waals surface area (Å²) < 4.78 is 5.65. The number of aryl methyl sites for hydroxylation is 1. The van der Waals surface area contributed by atoms with Gasteiger partial charge in [0.1, 0.15) is 0 Å². The molecule has 0 aromatic heterocycles. The fraction of sp³-hybridized carbons (Fsp3) is 0.600. The lowest BCUT2D eigenvalue weighted by Crippen LogP contribution is -2.35. The van der Waals surface area contributed by atoms with E-state index in [0.29, 0.717) is 6.61 Å². The molecule has 1 aliphatic rings. The van der Waals surface area contributed by atoms with Crippen molar-refractivity contribution in [2.24, 2.45) is 0 Å². The number of aliphatic hydroxyl groups is 1. The van der Waals surface area contributed by atoms with Crippen LogP contribution in [-0.4, -0.2) is 17.5 Å². The maximum absolute atomic E-state index is 10.1. The van der Waals surface area contributed by atoms with Gasteiger partial charge in [-0.25, -0.2) is 0 Å². The summed E-state index contributed by atoms with van der Waals surface area (Å²) in [5, 5.41) is 10.1. The van der Waals surface area contributed by atoms with Crippen LogP contribution >= 0.6 is 0 Å². The van der Waals surface area contributed by atoms with Crippen LogP contribution in [0.1, 0.15) is 44.1 Å². The molecule has 1 aromatic rings. The SMILES string of the molecule is OC1(OCCCc2ccccc2)CCCCC1. The van der Waals surface area contributed by atoms with Crippen molar-refractivity contribution >= 4 is 0 Å². The summed E-state index contributed by atoms with van der Waals surface area (Å²) in [6.07, 6.45) is 7.03. The van der Waals surface area contributed by atoms with Gasteiger partial charge in [-0.1, -0.05) is 36.8 Å². The normalized spacial score (nSPS) is 19.1. The molecule has 94 valence electrons. The molecule has 1 aliphatic carbocycles. The van der Waals surface area contributed by atoms with Gasteiger partial charge in [-0.2, -0.15) is 0 Å². The largest absolute Gasteiger partial charge is 0.365 e. The molecule has 1 fully saturated rings. The Morgan fingerprint density at radius 3 is 2.47 bits per heavy atom. The molecule has 2 nitrogen and oxygen atoms in total. The average molecular weight is 234 g/mol. The van der Waals surface area contributed by atoms with E-state index in [1.165, 1.54) is 12.0 Å². The second-order valence-electron chi connectivity index (χ2n) is 4.94. The summed E-state index contributed by atoms with van der Waals surface area (Å²) in [5.41, 5.74) is 1.34. The Kier molecular flexibility index (Phi) is 4.57. The first kappa shape index (κ1) is 12.6. The van der Waals surface area contributed by atoms with Crippen molar-refractivity contribution < 1.29 is 9.84 Å². The van der Waals surface area contributed by atoms with Gasteiger partial charge in [0, 0.05) is 12.8 Å². The van der Waals surface area contributed by atoms with E-state index in [2.05, 4.69) is 24.3 Å². The Morgan fingerprint density at radius 2 is 1.76 bits per heavy atom. The highest BCUT2D eigenvalue weighted by Gasteiger charge is 2.29. The van der Waals surface area contributed by atoms with Gasteiger partial charge in [0.15, 0.2) is 5.79 Å². The van der Waals surface area contributed by atoms with E-state index in [4.69, 9.17) is 4.74 Å². The molecule has 17 heavy (non-hydrogen) atoms. The maximum atomic E-state index is 10.1. The van der Waals surface area contributed by atoms with E-state index in [9.17, 15) is 5.11 Å². The number of rotatable bonds is 5. The highest BCUT2D eigenvalue weighted by atomic mass is 16.6. The predicted molar refractivity (Wildman–Crippen MR) is 68.7 cm³/mol. The Labute approximate surface area is 104 Å². The second kappa shape index (κ2) is 6.18. The minimum absolute atomic E-state index is 0.658. The van der Waals surface area contributed by atoms with Crippen LogP contribution in [0.5, 0.6) is 0 Å². The van der Waals surface area contributed by atoms with Gasteiger partial charge >= 0.3 is 0 Å². The van der Waals surface area contributed by atoms with Crippen LogP contribution in [-0.2, 0) is 11.2 Å². The molecule has 0 bridgehead atoms. The van der Waals surface area contributed by atoms with Crippen molar-refractivity contribution in [1.29, 1.82) is 0 Å². The number of benzene rings is 1. The molecule has 0 spiro atoms. The van der Waals surface area contributed by atoms with Gasteiger partial charge in [0.05, 0.1) is 6.61 Å². The molecule has 0 radical (unpaired) electrons. The van der Waals surface area contributed by atoms with Gasteiger partial charge in [0.2, 0.25) is 0 Å². The molecule has 1 aromatic carbocycles. The van der Waals surface area contributed by atoms with Crippen LogP contribution in [0.3, 0.4) is 0 Å². The molecule has 2 rings (SSSR count). The fourth-order valence-corrected chi connectivity index (χ4v) is 2.43. The van der Waals surface area contributed by atoms with Crippen LogP contribution in [0.2, 0.25) is 0 Å². The number of ether oxygens (including phenoxy) is 1. The van der Waals surface area contributed by atoms with E-state index in [0.717, 1.165) is 38.5 Å². The van der Waals surface area contributed by atoms with Gasteiger partial charge in [-0.3, -0.25) is 0 Å². The van der Waals surface area contributed by atoms with Gasteiger partial charge in [0.25, 0.3) is 0 Å². The highest BCUT2D eigenvalue weighted by molar-refractivity contribution is 5.14. The summed E-state index contributed by atoms with van der Waals surface area (Å²) in [6.45, 7) is 0.658. The summed E-state index contributed by atoms with van der Waals surface area (Å²) >= 11 is 0. The van der Waals surface area contributed by atoms with Crippen molar-refractivity contribution in [3.05, 3.63) is 35.9 Å². The molecular weight excluding hydrogens is 212 g/mol. The smallest absolute Gasteiger partial charge is 0.165 e. The molecular formula is C15H22O2. The van der Waals surface area contributed by atoms with Crippen LogP contribution in [0, 0.1) is 0 Å². The van der Waals surface area contributed by atoms with E-state index >= 15 is 0 Å². The maximum Gasteiger partial charge on any atom is 0.165 e. The first-order chi connectivity index (χ1) is 8.29. The van der Waals surface area contributed by atoms with Gasteiger partial charge in [-0.15, -0.1) is 0 Å². The molecule has 0 aliphatic heterocycles. The predicted octanol–water partition coefficient (Wildman–Crippen LogP) is 3.29. The lowest BCUT2D eigenvalue weighted by Gasteiger charge is -2.31. The zero-order chi connectivity index (χ0) is 12.0. The Morgan fingerprint density at radius 1 is 1.06 bits per heavy atom. The molecule has 2 heteroatoms.